The molecule has 9 nitrogen and oxygen atoms in total. The molecule has 1 unspecified atom stereocenters. The van der Waals surface area contributed by atoms with Gasteiger partial charge in [-0.2, -0.15) is 0 Å². The molecule has 0 bridgehead atoms. The molecule has 1 heterocycles. The number of hydrogen-bond acceptors (Lipinski definition) is 7. The van der Waals surface area contributed by atoms with E-state index in [-0.39, 0.29) is 24.3 Å². The molecule has 29 heavy (non-hydrogen) atoms. The predicted octanol–water partition coefficient (Wildman–Crippen LogP) is 2.01. The second kappa shape index (κ2) is 8.01. The first-order valence-electron chi connectivity index (χ1n) is 8.78. The molecular weight excluding hydrogens is 380 g/mol. The summed E-state index contributed by atoms with van der Waals surface area (Å²) < 4.78 is 4.91. The molecule has 1 aliphatic heterocycles. The topological polar surface area (TPSA) is 133 Å². The summed E-state index contributed by atoms with van der Waals surface area (Å²) in [6.07, 6.45) is -0.111. The zero-order chi connectivity index (χ0) is 21.1. The van der Waals surface area contributed by atoms with Gasteiger partial charge in [-0.25, -0.2) is 14.5 Å². The Labute approximate surface area is 165 Å². The van der Waals surface area contributed by atoms with Gasteiger partial charge >= 0.3 is 11.9 Å². The Balaban J connectivity index is 1.75. The van der Waals surface area contributed by atoms with E-state index in [1.54, 1.807) is 31.2 Å². The minimum absolute atomic E-state index is 0.0875. The molecule has 150 valence electrons. The molecule has 0 radical (unpaired) electrons. The highest BCUT2D eigenvalue weighted by molar-refractivity contribution is 6.23. The molecule has 3 rings (SSSR count). The van der Waals surface area contributed by atoms with Crippen molar-refractivity contribution in [3.63, 3.8) is 0 Å². The number of carbonyl (C=O) groups is 4. The maximum absolute atomic E-state index is 12.7. The van der Waals surface area contributed by atoms with Crippen LogP contribution in [-0.4, -0.2) is 46.6 Å². The number of amides is 2. The predicted molar refractivity (Wildman–Crippen MR) is 102 cm³/mol. The van der Waals surface area contributed by atoms with Gasteiger partial charge in [0.25, 0.3) is 5.91 Å². The van der Waals surface area contributed by atoms with E-state index in [0.29, 0.717) is 11.3 Å². The number of anilines is 2. The third-order valence-corrected chi connectivity index (χ3v) is 4.35. The summed E-state index contributed by atoms with van der Waals surface area (Å²) in [5.74, 6) is -3.34. The largest absolute Gasteiger partial charge is 0.507 e. The molecule has 1 saturated heterocycles. The normalized spacial score (nSPS) is 16.0. The van der Waals surface area contributed by atoms with Gasteiger partial charge in [-0.05, 0) is 43.3 Å². The van der Waals surface area contributed by atoms with Gasteiger partial charge in [0.15, 0.2) is 0 Å². The Hall–Kier alpha value is -3.88. The van der Waals surface area contributed by atoms with Crippen molar-refractivity contribution in [2.75, 3.05) is 16.8 Å². The van der Waals surface area contributed by atoms with Crippen molar-refractivity contribution in [1.82, 2.24) is 0 Å². The first-order chi connectivity index (χ1) is 13.8. The Morgan fingerprint density at radius 3 is 2.45 bits per heavy atom. The molecule has 2 aromatic carbocycles. The van der Waals surface area contributed by atoms with Crippen molar-refractivity contribution in [3.05, 3.63) is 53.6 Å². The number of esters is 1. The van der Waals surface area contributed by atoms with Crippen LogP contribution in [0.25, 0.3) is 0 Å². The van der Waals surface area contributed by atoms with Crippen LogP contribution in [0.5, 0.6) is 5.75 Å². The molecule has 0 spiro atoms. The summed E-state index contributed by atoms with van der Waals surface area (Å²) in [4.78, 5) is 48.6. The highest BCUT2D eigenvalue weighted by Gasteiger charge is 2.39. The highest BCUT2D eigenvalue weighted by Crippen LogP contribution is 2.29. The number of ether oxygens (including phenoxy) is 1. The molecule has 1 fully saturated rings. The molecule has 2 amide bonds. The lowest BCUT2D eigenvalue weighted by Gasteiger charge is -2.17. The average molecular weight is 398 g/mol. The van der Waals surface area contributed by atoms with Gasteiger partial charge in [0.05, 0.1) is 24.3 Å². The van der Waals surface area contributed by atoms with Crippen LogP contribution in [0.4, 0.5) is 11.4 Å². The van der Waals surface area contributed by atoms with E-state index in [4.69, 9.17) is 9.84 Å². The standard InChI is InChI=1S/C20H18N2O7/c1-2-29-20(28)11-3-5-12(6-4-11)21-15-10-17(24)22(18(15)25)13-7-8-14(19(26)27)16(23)9-13/h3-9,15,21,23H,2,10H2,1H3,(H,26,27). The molecule has 0 saturated carbocycles. The van der Waals surface area contributed by atoms with Gasteiger partial charge in [-0.3, -0.25) is 9.59 Å². The van der Waals surface area contributed by atoms with E-state index in [0.717, 1.165) is 17.0 Å². The van der Waals surface area contributed by atoms with E-state index in [9.17, 15) is 24.3 Å². The van der Waals surface area contributed by atoms with Crippen LogP contribution in [0.3, 0.4) is 0 Å². The van der Waals surface area contributed by atoms with Gasteiger partial charge in [0.1, 0.15) is 17.4 Å². The fraction of sp³-hybridized carbons (Fsp3) is 0.200. The monoisotopic (exact) mass is 398 g/mol. The summed E-state index contributed by atoms with van der Waals surface area (Å²) in [6.45, 7) is 1.97. The molecule has 9 heteroatoms. The molecule has 2 aromatic rings. The first kappa shape index (κ1) is 19.9. The highest BCUT2D eigenvalue weighted by atomic mass is 16.5. The zero-order valence-electron chi connectivity index (χ0n) is 15.4. The minimum Gasteiger partial charge on any atom is -0.507 e. The lowest BCUT2D eigenvalue weighted by atomic mass is 10.1. The van der Waals surface area contributed by atoms with Crippen molar-refractivity contribution in [1.29, 1.82) is 0 Å². The van der Waals surface area contributed by atoms with Crippen LogP contribution in [-0.2, 0) is 14.3 Å². The van der Waals surface area contributed by atoms with E-state index in [2.05, 4.69) is 5.32 Å². The Morgan fingerprint density at radius 1 is 1.17 bits per heavy atom. The Kier molecular flexibility index (Phi) is 5.49. The molecule has 1 aliphatic rings. The van der Waals surface area contributed by atoms with E-state index >= 15 is 0 Å². The van der Waals surface area contributed by atoms with Crippen molar-refractivity contribution < 1.29 is 34.1 Å². The number of carboxylic acids is 1. The summed E-state index contributed by atoms with van der Waals surface area (Å²) in [7, 11) is 0. The maximum atomic E-state index is 12.7. The second-order valence-corrected chi connectivity index (χ2v) is 6.27. The first-order valence-corrected chi connectivity index (χ1v) is 8.78. The summed E-state index contributed by atoms with van der Waals surface area (Å²) in [5.41, 5.74) is 0.658. The lowest BCUT2D eigenvalue weighted by Crippen LogP contribution is -2.34. The van der Waals surface area contributed by atoms with Crippen LogP contribution in [0.1, 0.15) is 34.1 Å². The van der Waals surface area contributed by atoms with Gasteiger partial charge < -0.3 is 20.3 Å². The number of nitrogens with zero attached hydrogens (tertiary/aromatic N) is 1. The number of phenols is 1. The van der Waals surface area contributed by atoms with Crippen molar-refractivity contribution >= 4 is 35.1 Å². The van der Waals surface area contributed by atoms with E-state index < -0.39 is 35.5 Å². The molecule has 3 N–H and O–H groups in total. The second-order valence-electron chi connectivity index (χ2n) is 6.27. The number of benzene rings is 2. The van der Waals surface area contributed by atoms with E-state index in [1.165, 1.54) is 6.07 Å². The zero-order valence-corrected chi connectivity index (χ0v) is 15.4. The van der Waals surface area contributed by atoms with Crippen LogP contribution in [0, 0.1) is 0 Å². The fourth-order valence-corrected chi connectivity index (χ4v) is 2.97. The van der Waals surface area contributed by atoms with Crippen LogP contribution in [0.2, 0.25) is 0 Å². The number of rotatable bonds is 6. The Morgan fingerprint density at radius 2 is 1.86 bits per heavy atom. The van der Waals surface area contributed by atoms with Crippen LogP contribution < -0.4 is 10.2 Å². The van der Waals surface area contributed by atoms with Crippen molar-refractivity contribution in [2.45, 2.75) is 19.4 Å². The Bertz CT molecular complexity index is 985. The molecule has 1 atom stereocenters. The van der Waals surface area contributed by atoms with Crippen molar-refractivity contribution in [2.24, 2.45) is 0 Å². The fourth-order valence-electron chi connectivity index (χ4n) is 2.97. The van der Waals surface area contributed by atoms with Crippen LogP contribution in [0.15, 0.2) is 42.5 Å². The van der Waals surface area contributed by atoms with Crippen LogP contribution >= 0.6 is 0 Å². The minimum atomic E-state index is -1.32. The summed E-state index contributed by atoms with van der Waals surface area (Å²) in [6, 6.07) is 8.93. The van der Waals surface area contributed by atoms with E-state index in [1.807, 2.05) is 0 Å². The van der Waals surface area contributed by atoms with Crippen molar-refractivity contribution in [3.8, 4) is 5.75 Å². The number of hydrogen-bond donors (Lipinski definition) is 3. The summed E-state index contributed by atoms with van der Waals surface area (Å²) in [5, 5.41) is 21.7. The lowest BCUT2D eigenvalue weighted by molar-refractivity contribution is -0.121. The van der Waals surface area contributed by atoms with Gasteiger partial charge in [0, 0.05) is 11.8 Å². The van der Waals surface area contributed by atoms with Gasteiger partial charge in [-0.1, -0.05) is 0 Å². The quantitative estimate of drug-likeness (QED) is 0.497. The SMILES string of the molecule is CCOC(=O)c1ccc(NC2CC(=O)N(c3ccc(C(=O)O)c(O)c3)C2=O)cc1. The molecular formula is C20H18N2O7. The number of carbonyl (C=O) groups excluding carboxylic acids is 3. The smallest absolute Gasteiger partial charge is 0.339 e. The third kappa shape index (κ3) is 4.03. The third-order valence-electron chi connectivity index (χ3n) is 4.35. The summed E-state index contributed by atoms with van der Waals surface area (Å²) >= 11 is 0. The number of imide groups is 1. The molecule has 0 aromatic heterocycles. The number of carboxylic acid groups (broad SMARTS) is 1. The molecule has 0 aliphatic carbocycles. The number of nitrogens with one attached hydrogen (secondary N) is 1. The number of aromatic hydroxyl groups is 1. The van der Waals surface area contributed by atoms with Gasteiger partial charge in [-0.15, -0.1) is 0 Å². The maximum Gasteiger partial charge on any atom is 0.339 e. The average Bonchev–Trinajstić information content (AvgIpc) is 2.95. The van der Waals surface area contributed by atoms with Gasteiger partial charge in [0.2, 0.25) is 5.91 Å². The number of aromatic carboxylic acids is 1.